The highest BCUT2D eigenvalue weighted by Crippen LogP contribution is 2.28. The summed E-state index contributed by atoms with van der Waals surface area (Å²) in [5.41, 5.74) is 2.24. The van der Waals surface area contributed by atoms with Crippen molar-refractivity contribution in [2.75, 3.05) is 26.7 Å². The van der Waals surface area contributed by atoms with Crippen LogP contribution in [-0.4, -0.2) is 41.5 Å². The lowest BCUT2D eigenvalue weighted by molar-refractivity contribution is 0.212. The maximum atomic E-state index is 4.64. The molecule has 1 heterocycles. The Labute approximate surface area is 135 Å². The highest BCUT2D eigenvalue weighted by atomic mass is 79.9. The fourth-order valence-electron chi connectivity index (χ4n) is 2.59. The zero-order chi connectivity index (χ0) is 15.2. The molecule has 5 heteroatoms. The first-order valence-corrected chi connectivity index (χ1v) is 8.20. The Bertz CT molecular complexity index is 549. The molecule has 0 bridgehead atoms. The predicted molar refractivity (Wildman–Crippen MR) is 91.3 cm³/mol. The molecular weight excluding hydrogens is 328 g/mol. The normalized spacial score (nSPS) is 12.8. The fourth-order valence-corrected chi connectivity index (χ4v) is 3.13. The molecule has 2 aromatic rings. The van der Waals surface area contributed by atoms with Gasteiger partial charge in [-0.25, -0.2) is 4.98 Å². The predicted octanol–water partition coefficient (Wildman–Crippen LogP) is 3.44. The molecule has 0 fully saturated rings. The third-order valence-corrected chi connectivity index (χ3v) is 4.32. The highest BCUT2D eigenvalue weighted by molar-refractivity contribution is 9.10. The van der Waals surface area contributed by atoms with Crippen LogP contribution >= 0.6 is 15.9 Å². The Hall–Kier alpha value is -1.17. The Morgan fingerprint density at radius 1 is 1.24 bits per heavy atom. The lowest BCUT2D eigenvalue weighted by atomic mass is 10.2. The van der Waals surface area contributed by atoms with Gasteiger partial charge in [-0.2, -0.15) is 0 Å². The van der Waals surface area contributed by atoms with E-state index >= 15 is 0 Å². The van der Waals surface area contributed by atoms with Gasteiger partial charge >= 0.3 is 0 Å². The summed E-state index contributed by atoms with van der Waals surface area (Å²) < 4.78 is 0.897. The van der Waals surface area contributed by atoms with E-state index in [1.807, 2.05) is 25.2 Å². The molecule has 0 amide bonds. The van der Waals surface area contributed by atoms with Crippen LogP contribution in [0.15, 0.2) is 34.9 Å². The van der Waals surface area contributed by atoms with Crippen molar-refractivity contribution >= 4 is 15.9 Å². The van der Waals surface area contributed by atoms with Crippen LogP contribution in [0.5, 0.6) is 0 Å². The SMILES string of the molecule is CCN(CC)C(CNC)c1[nH]c(-c2ccccc2)nc1Br. The Morgan fingerprint density at radius 3 is 2.48 bits per heavy atom. The van der Waals surface area contributed by atoms with E-state index in [-0.39, 0.29) is 6.04 Å². The molecule has 1 aromatic carbocycles. The van der Waals surface area contributed by atoms with Gasteiger partial charge in [0, 0.05) is 12.1 Å². The summed E-state index contributed by atoms with van der Waals surface area (Å²) in [6, 6.07) is 10.5. The van der Waals surface area contributed by atoms with Crippen LogP contribution in [0.25, 0.3) is 11.4 Å². The van der Waals surface area contributed by atoms with Crippen molar-refractivity contribution in [2.24, 2.45) is 0 Å². The lowest BCUT2D eigenvalue weighted by Crippen LogP contribution is -2.35. The van der Waals surface area contributed by atoms with Crippen LogP contribution in [0, 0.1) is 0 Å². The number of nitrogens with zero attached hydrogens (tertiary/aromatic N) is 2. The number of H-pyrrole nitrogens is 1. The maximum Gasteiger partial charge on any atom is 0.138 e. The van der Waals surface area contributed by atoms with E-state index < -0.39 is 0 Å². The smallest absolute Gasteiger partial charge is 0.138 e. The second-order valence-corrected chi connectivity index (χ2v) is 5.70. The molecular formula is C16H23BrN4. The molecule has 2 N–H and O–H groups in total. The van der Waals surface area contributed by atoms with Crippen LogP contribution < -0.4 is 5.32 Å². The van der Waals surface area contributed by atoms with Gasteiger partial charge in [0.1, 0.15) is 10.4 Å². The van der Waals surface area contributed by atoms with Gasteiger partial charge in [0.05, 0.1) is 11.7 Å². The lowest BCUT2D eigenvalue weighted by Gasteiger charge is -2.28. The van der Waals surface area contributed by atoms with Crippen molar-refractivity contribution in [3.05, 3.63) is 40.6 Å². The van der Waals surface area contributed by atoms with Crippen LogP contribution in [0.2, 0.25) is 0 Å². The molecule has 0 spiro atoms. The van der Waals surface area contributed by atoms with Crippen molar-refractivity contribution in [3.63, 3.8) is 0 Å². The molecule has 2 rings (SSSR count). The number of likely N-dealkylation sites (N-methyl/N-ethyl adjacent to an activating group) is 2. The Balaban J connectivity index is 2.35. The number of benzene rings is 1. The first-order valence-electron chi connectivity index (χ1n) is 7.40. The number of hydrogen-bond donors (Lipinski definition) is 2. The first kappa shape index (κ1) is 16.2. The molecule has 0 aliphatic carbocycles. The molecule has 0 aliphatic heterocycles. The Kier molecular flexibility index (Phi) is 5.96. The van der Waals surface area contributed by atoms with Crippen molar-refractivity contribution < 1.29 is 0 Å². The quantitative estimate of drug-likeness (QED) is 0.803. The van der Waals surface area contributed by atoms with Gasteiger partial charge in [-0.3, -0.25) is 4.90 Å². The molecule has 0 saturated carbocycles. The van der Waals surface area contributed by atoms with Gasteiger partial charge in [-0.05, 0) is 36.1 Å². The number of nitrogens with one attached hydrogen (secondary N) is 2. The Morgan fingerprint density at radius 2 is 1.90 bits per heavy atom. The van der Waals surface area contributed by atoms with E-state index in [1.54, 1.807) is 0 Å². The maximum absolute atomic E-state index is 4.64. The van der Waals surface area contributed by atoms with E-state index in [1.165, 1.54) is 0 Å². The molecule has 0 aliphatic rings. The van der Waals surface area contributed by atoms with Crippen molar-refractivity contribution in [3.8, 4) is 11.4 Å². The summed E-state index contributed by atoms with van der Waals surface area (Å²) in [6.07, 6.45) is 0. The van der Waals surface area contributed by atoms with E-state index in [0.717, 1.165) is 41.3 Å². The zero-order valence-electron chi connectivity index (χ0n) is 12.9. The van der Waals surface area contributed by atoms with Crippen molar-refractivity contribution in [2.45, 2.75) is 19.9 Å². The van der Waals surface area contributed by atoms with Gasteiger partial charge in [-0.1, -0.05) is 44.2 Å². The van der Waals surface area contributed by atoms with Crippen molar-refractivity contribution in [1.82, 2.24) is 20.2 Å². The monoisotopic (exact) mass is 350 g/mol. The third kappa shape index (κ3) is 3.73. The minimum atomic E-state index is 0.282. The molecule has 1 atom stereocenters. The van der Waals surface area contributed by atoms with E-state index in [9.17, 15) is 0 Å². The van der Waals surface area contributed by atoms with Crippen LogP contribution in [-0.2, 0) is 0 Å². The van der Waals surface area contributed by atoms with Crippen LogP contribution in [0.3, 0.4) is 0 Å². The van der Waals surface area contributed by atoms with Gasteiger partial charge in [0.2, 0.25) is 0 Å². The summed E-state index contributed by atoms with van der Waals surface area (Å²) in [4.78, 5) is 10.6. The number of hydrogen-bond acceptors (Lipinski definition) is 3. The number of rotatable bonds is 7. The minimum absolute atomic E-state index is 0.282. The summed E-state index contributed by atoms with van der Waals surface area (Å²) in [7, 11) is 1.99. The van der Waals surface area contributed by atoms with Crippen LogP contribution in [0.1, 0.15) is 25.6 Å². The topological polar surface area (TPSA) is 44.0 Å². The van der Waals surface area contributed by atoms with Crippen LogP contribution in [0.4, 0.5) is 0 Å². The first-order chi connectivity index (χ1) is 10.2. The summed E-state index contributed by atoms with van der Waals surface area (Å²) in [5.74, 6) is 0.908. The molecule has 0 saturated heterocycles. The second kappa shape index (κ2) is 7.73. The summed E-state index contributed by atoms with van der Waals surface area (Å²) in [6.45, 7) is 7.28. The number of imidazole rings is 1. The number of aromatic amines is 1. The van der Waals surface area contributed by atoms with Gasteiger partial charge < -0.3 is 10.3 Å². The van der Waals surface area contributed by atoms with E-state index in [2.05, 4.69) is 62.1 Å². The van der Waals surface area contributed by atoms with Gasteiger partial charge in [0.25, 0.3) is 0 Å². The van der Waals surface area contributed by atoms with Gasteiger partial charge in [-0.15, -0.1) is 0 Å². The fraction of sp³-hybridized carbons (Fsp3) is 0.438. The molecule has 0 radical (unpaired) electrons. The standard InChI is InChI=1S/C16H23BrN4/c1-4-21(5-2)13(11-18-3)14-15(17)20-16(19-14)12-9-7-6-8-10-12/h6-10,13,18H,4-5,11H2,1-3H3,(H,19,20). The van der Waals surface area contributed by atoms with Crippen molar-refractivity contribution in [1.29, 1.82) is 0 Å². The summed E-state index contributed by atoms with van der Waals surface area (Å²) in [5, 5.41) is 3.28. The molecule has 1 aromatic heterocycles. The average Bonchev–Trinajstić information content (AvgIpc) is 2.90. The molecule has 4 nitrogen and oxygen atoms in total. The molecule has 114 valence electrons. The molecule has 1 unspecified atom stereocenters. The second-order valence-electron chi connectivity index (χ2n) is 4.95. The number of aromatic nitrogens is 2. The average molecular weight is 351 g/mol. The largest absolute Gasteiger partial charge is 0.340 e. The van der Waals surface area contributed by atoms with Gasteiger partial charge in [0.15, 0.2) is 0 Å². The minimum Gasteiger partial charge on any atom is -0.340 e. The number of halogens is 1. The van der Waals surface area contributed by atoms with E-state index in [0.29, 0.717) is 0 Å². The third-order valence-electron chi connectivity index (χ3n) is 3.72. The zero-order valence-corrected chi connectivity index (χ0v) is 14.4. The van der Waals surface area contributed by atoms with E-state index in [4.69, 9.17) is 0 Å². The highest BCUT2D eigenvalue weighted by Gasteiger charge is 2.23. The summed E-state index contributed by atoms with van der Waals surface area (Å²) >= 11 is 3.61. The molecule has 21 heavy (non-hydrogen) atoms.